The van der Waals surface area contributed by atoms with Crippen molar-refractivity contribution in [3.63, 3.8) is 0 Å². The number of nitrogens with one attached hydrogen (secondary N) is 1. The van der Waals surface area contributed by atoms with E-state index in [2.05, 4.69) is 4.98 Å². The van der Waals surface area contributed by atoms with Crippen LogP contribution in [0.15, 0.2) is 12.1 Å². The van der Waals surface area contributed by atoms with Crippen LogP contribution in [0.4, 0.5) is 31.1 Å². The molecule has 2 N–H and O–H groups in total. The van der Waals surface area contributed by atoms with Crippen LogP contribution in [0.5, 0.6) is 0 Å². The molecule has 4 rings (SSSR count). The molecular weight excluding hydrogens is 544 g/mol. The minimum Gasteiger partial charge on any atom is -0.465 e. The summed E-state index contributed by atoms with van der Waals surface area (Å²) in [6.45, 7) is -0.580. The number of carbonyl (C=O) groups is 3. The molecule has 3 amide bonds. The van der Waals surface area contributed by atoms with Gasteiger partial charge in [0.05, 0.1) is 18.1 Å². The van der Waals surface area contributed by atoms with Crippen LogP contribution in [0, 0.1) is 17.5 Å². The van der Waals surface area contributed by atoms with E-state index in [0.29, 0.717) is 24.4 Å². The van der Waals surface area contributed by atoms with E-state index >= 15 is 0 Å². The lowest BCUT2D eigenvalue weighted by Crippen LogP contribution is -2.44. The van der Waals surface area contributed by atoms with Crippen LogP contribution < -0.4 is 5.32 Å². The smallest absolute Gasteiger partial charge is 0.449 e. The quantitative estimate of drug-likeness (QED) is 0.412. The van der Waals surface area contributed by atoms with Crippen LogP contribution in [0.2, 0.25) is 0 Å². The first-order chi connectivity index (χ1) is 17.8. The molecule has 2 aliphatic heterocycles. The zero-order chi connectivity index (χ0) is 27.8. The number of benzene rings is 1. The first-order valence-electron chi connectivity index (χ1n) is 11.3. The van der Waals surface area contributed by atoms with Crippen molar-refractivity contribution in [1.29, 1.82) is 0 Å². The Morgan fingerprint density at radius 2 is 1.76 bits per heavy atom. The Bertz CT molecular complexity index is 1260. The summed E-state index contributed by atoms with van der Waals surface area (Å²) < 4.78 is 82.7. The molecule has 206 valence electrons. The number of amides is 3. The van der Waals surface area contributed by atoms with Crippen LogP contribution in [0.25, 0.3) is 0 Å². The van der Waals surface area contributed by atoms with Crippen LogP contribution in [-0.4, -0.2) is 73.1 Å². The molecule has 16 heteroatoms. The van der Waals surface area contributed by atoms with E-state index in [0.717, 1.165) is 9.47 Å². The van der Waals surface area contributed by atoms with E-state index in [1.54, 1.807) is 0 Å². The maximum atomic E-state index is 14.1. The molecule has 0 saturated carbocycles. The number of hydrogen-bond donors (Lipinski definition) is 2. The normalized spacial score (nSPS) is 16.4. The van der Waals surface area contributed by atoms with Crippen molar-refractivity contribution in [2.45, 2.75) is 38.1 Å². The fraction of sp³-hybridized carbons (Fsp3) is 0.455. The number of rotatable bonds is 6. The largest absolute Gasteiger partial charge is 0.465 e. The summed E-state index contributed by atoms with van der Waals surface area (Å²) in [6.07, 6.45) is -7.46. The molecule has 1 fully saturated rings. The van der Waals surface area contributed by atoms with Gasteiger partial charge in [-0.1, -0.05) is 0 Å². The third-order valence-corrected chi connectivity index (χ3v) is 7.13. The summed E-state index contributed by atoms with van der Waals surface area (Å²) in [5, 5.41) is 11.2. The van der Waals surface area contributed by atoms with Crippen LogP contribution in [-0.2, 0) is 30.5 Å². The van der Waals surface area contributed by atoms with E-state index in [9.17, 15) is 40.7 Å². The van der Waals surface area contributed by atoms with Crippen molar-refractivity contribution >= 4 is 29.7 Å². The lowest BCUT2D eigenvalue weighted by molar-refractivity contribution is -0.148. The van der Waals surface area contributed by atoms with E-state index in [1.807, 2.05) is 5.32 Å². The zero-order valence-electron chi connectivity index (χ0n) is 19.5. The Hall–Kier alpha value is -3.43. The number of halogens is 6. The van der Waals surface area contributed by atoms with Crippen molar-refractivity contribution in [2.24, 2.45) is 0 Å². The summed E-state index contributed by atoms with van der Waals surface area (Å²) in [4.78, 5) is 43.3. The monoisotopic (exact) mass is 565 g/mol. The summed E-state index contributed by atoms with van der Waals surface area (Å²) in [6, 6.07) is -0.413. The van der Waals surface area contributed by atoms with Crippen molar-refractivity contribution < 1.29 is 45.8 Å². The van der Waals surface area contributed by atoms with Gasteiger partial charge in [0.15, 0.2) is 17.3 Å². The molecule has 2 aromatic rings. The predicted molar refractivity (Wildman–Crippen MR) is 121 cm³/mol. The zero-order valence-corrected chi connectivity index (χ0v) is 20.3. The van der Waals surface area contributed by atoms with Gasteiger partial charge < -0.3 is 24.8 Å². The highest BCUT2D eigenvalue weighted by atomic mass is 32.2. The van der Waals surface area contributed by atoms with Crippen molar-refractivity contribution in [3.05, 3.63) is 52.4 Å². The average molecular weight is 565 g/mol. The van der Waals surface area contributed by atoms with Gasteiger partial charge in [-0.05, 0) is 18.1 Å². The van der Waals surface area contributed by atoms with Gasteiger partial charge >= 0.3 is 12.3 Å². The SMILES string of the molecule is O=C(O)N[C@@H](CC(=O)N1CCn2c(C(F)(F)F)nc(C(=O)N3CCSC3)c2C1)Cc1cc(F)c(F)cc1F. The fourth-order valence-corrected chi connectivity index (χ4v) is 5.31. The minimum absolute atomic E-state index is 0.104. The number of thioether (sulfide) groups is 1. The van der Waals surface area contributed by atoms with Crippen molar-refractivity contribution in [3.8, 4) is 0 Å². The van der Waals surface area contributed by atoms with Crippen molar-refractivity contribution in [1.82, 2.24) is 24.7 Å². The Morgan fingerprint density at radius 1 is 1.05 bits per heavy atom. The molecule has 3 heterocycles. The second-order valence-corrected chi connectivity index (χ2v) is 9.79. The molecule has 1 aromatic heterocycles. The number of carboxylic acid groups (broad SMARTS) is 1. The van der Waals surface area contributed by atoms with Crippen LogP contribution in [0.3, 0.4) is 0 Å². The molecule has 0 spiro atoms. The second kappa shape index (κ2) is 10.7. The number of imidazole rings is 1. The number of alkyl halides is 3. The van der Waals surface area contributed by atoms with E-state index in [1.165, 1.54) is 16.7 Å². The molecule has 0 aliphatic carbocycles. The van der Waals surface area contributed by atoms with Crippen molar-refractivity contribution in [2.75, 3.05) is 24.7 Å². The molecule has 9 nitrogen and oxygen atoms in total. The fourth-order valence-electron chi connectivity index (χ4n) is 4.37. The standard InChI is InChI=1S/C22H21F6N5O4S/c23-13-8-15(25)14(24)6-11(13)5-12(29-21(36)37)7-17(34)31-1-2-33-16(9-31)18(30-20(33)22(26,27)28)19(35)32-3-4-38-10-32/h6,8,12,29H,1-5,7,9-10H2,(H,36,37)/t12-/m1/s1. The molecule has 1 atom stereocenters. The molecule has 38 heavy (non-hydrogen) atoms. The predicted octanol–water partition coefficient (Wildman–Crippen LogP) is 3.08. The molecular formula is C22H21F6N5O4S. The summed E-state index contributed by atoms with van der Waals surface area (Å²) in [5.41, 5.74) is -0.895. The van der Waals surface area contributed by atoms with E-state index in [-0.39, 0.29) is 30.2 Å². The van der Waals surface area contributed by atoms with Gasteiger partial charge in [-0.2, -0.15) is 13.2 Å². The van der Waals surface area contributed by atoms with Gasteiger partial charge in [0, 0.05) is 43.9 Å². The first kappa shape index (κ1) is 27.6. The molecule has 0 bridgehead atoms. The highest BCUT2D eigenvalue weighted by Gasteiger charge is 2.42. The average Bonchev–Trinajstić information content (AvgIpc) is 3.49. The van der Waals surface area contributed by atoms with E-state index < -0.39 is 78.5 Å². The summed E-state index contributed by atoms with van der Waals surface area (Å²) in [7, 11) is 0. The maximum absolute atomic E-state index is 14.1. The number of aromatic nitrogens is 2. The van der Waals surface area contributed by atoms with Gasteiger partial charge in [0.1, 0.15) is 5.82 Å². The second-order valence-electron chi connectivity index (χ2n) is 8.71. The summed E-state index contributed by atoms with van der Waals surface area (Å²) >= 11 is 1.43. The summed E-state index contributed by atoms with van der Waals surface area (Å²) in [5.74, 6) is -5.68. The lowest BCUT2D eigenvalue weighted by Gasteiger charge is -2.31. The third kappa shape index (κ3) is 5.84. The Balaban J connectivity index is 1.56. The molecule has 2 aliphatic rings. The molecule has 0 radical (unpaired) electrons. The highest BCUT2D eigenvalue weighted by molar-refractivity contribution is 7.99. The molecule has 0 unspecified atom stereocenters. The lowest BCUT2D eigenvalue weighted by atomic mass is 10.0. The van der Waals surface area contributed by atoms with E-state index in [4.69, 9.17) is 5.11 Å². The van der Waals surface area contributed by atoms with Gasteiger partial charge in [0.2, 0.25) is 11.7 Å². The van der Waals surface area contributed by atoms with Crippen LogP contribution >= 0.6 is 11.8 Å². The number of nitrogens with zero attached hydrogens (tertiary/aromatic N) is 4. The molecule has 1 aromatic carbocycles. The van der Waals surface area contributed by atoms with Gasteiger partial charge in [-0.15, -0.1) is 11.8 Å². The first-order valence-corrected chi connectivity index (χ1v) is 12.4. The topological polar surface area (TPSA) is 108 Å². The molecule has 1 saturated heterocycles. The maximum Gasteiger partial charge on any atom is 0.449 e. The van der Waals surface area contributed by atoms with Gasteiger partial charge in [0.25, 0.3) is 5.91 Å². The van der Waals surface area contributed by atoms with Gasteiger partial charge in [-0.3, -0.25) is 9.59 Å². The Kier molecular flexibility index (Phi) is 7.80. The Morgan fingerprint density at radius 3 is 2.39 bits per heavy atom. The number of hydrogen-bond acceptors (Lipinski definition) is 5. The Labute approximate surface area is 215 Å². The minimum atomic E-state index is -4.84. The highest BCUT2D eigenvalue weighted by Crippen LogP contribution is 2.33. The number of carbonyl (C=O) groups excluding carboxylic acids is 2. The third-order valence-electron chi connectivity index (χ3n) is 6.16. The number of fused-ring (bicyclic) bond motifs is 1. The van der Waals surface area contributed by atoms with Crippen LogP contribution in [0.1, 0.15) is 34.0 Å². The van der Waals surface area contributed by atoms with Gasteiger partial charge in [-0.25, -0.2) is 22.9 Å².